The van der Waals surface area contributed by atoms with Crippen LogP contribution in [0.5, 0.6) is 11.5 Å². The summed E-state index contributed by atoms with van der Waals surface area (Å²) in [6, 6.07) is 13.5. The molecule has 7 nitrogen and oxygen atoms in total. The van der Waals surface area contributed by atoms with Crippen LogP contribution in [0.3, 0.4) is 0 Å². The molecule has 2 aliphatic heterocycles. The van der Waals surface area contributed by atoms with Gasteiger partial charge in [-0.3, -0.25) is 4.79 Å². The first kappa shape index (κ1) is 17.1. The van der Waals surface area contributed by atoms with Gasteiger partial charge in [-0.1, -0.05) is 30.0 Å². The van der Waals surface area contributed by atoms with Crippen LogP contribution < -0.4 is 14.4 Å². The van der Waals surface area contributed by atoms with Crippen molar-refractivity contribution in [3.8, 4) is 23.0 Å². The molecule has 1 aromatic heterocycles. The predicted octanol–water partition coefficient (Wildman–Crippen LogP) is 3.54. The Balaban J connectivity index is 1.19. The number of ether oxygens (including phenoxy) is 2. The quantitative estimate of drug-likeness (QED) is 0.612. The number of hydrogen-bond donors (Lipinski definition) is 0. The molecular weight excluding hydrogens is 378 g/mol. The smallest absolute Gasteiger partial charge is 0.276 e. The van der Waals surface area contributed by atoms with Gasteiger partial charge in [0.1, 0.15) is 0 Å². The van der Waals surface area contributed by atoms with Crippen LogP contribution in [0.1, 0.15) is 12.0 Å². The summed E-state index contributed by atoms with van der Waals surface area (Å²) in [6.07, 6.45) is 1.33. The van der Waals surface area contributed by atoms with Gasteiger partial charge in [0.25, 0.3) is 5.22 Å². The molecule has 0 fully saturated rings. The highest BCUT2D eigenvalue weighted by Gasteiger charge is 2.24. The number of fused-ring (bicyclic) bond motifs is 2. The van der Waals surface area contributed by atoms with E-state index in [9.17, 15) is 4.79 Å². The van der Waals surface area contributed by atoms with E-state index in [1.807, 2.05) is 41.3 Å². The first-order chi connectivity index (χ1) is 13.8. The number of amides is 1. The fraction of sp³-hybridized carbons (Fsp3) is 0.250. The molecule has 0 atom stereocenters. The van der Waals surface area contributed by atoms with E-state index in [2.05, 4.69) is 16.3 Å². The molecule has 5 rings (SSSR count). The van der Waals surface area contributed by atoms with Crippen LogP contribution in [0.4, 0.5) is 5.69 Å². The van der Waals surface area contributed by atoms with Gasteiger partial charge >= 0.3 is 0 Å². The van der Waals surface area contributed by atoms with E-state index in [-0.39, 0.29) is 12.7 Å². The Morgan fingerprint density at radius 1 is 1.11 bits per heavy atom. The third kappa shape index (κ3) is 3.20. The zero-order valence-electron chi connectivity index (χ0n) is 15.0. The molecule has 1 amide bonds. The summed E-state index contributed by atoms with van der Waals surface area (Å²) < 4.78 is 16.4. The molecule has 8 heteroatoms. The van der Waals surface area contributed by atoms with Crippen LogP contribution in [-0.2, 0) is 11.2 Å². The van der Waals surface area contributed by atoms with Crippen LogP contribution in [0.15, 0.2) is 52.1 Å². The fourth-order valence-electron chi connectivity index (χ4n) is 3.37. The molecule has 3 heterocycles. The van der Waals surface area contributed by atoms with Crippen LogP contribution >= 0.6 is 11.8 Å². The summed E-state index contributed by atoms with van der Waals surface area (Å²) in [5.74, 6) is 2.50. The molecule has 142 valence electrons. The number of aromatic nitrogens is 2. The van der Waals surface area contributed by atoms with Crippen molar-refractivity contribution in [2.75, 3.05) is 24.0 Å². The minimum absolute atomic E-state index is 0.118. The van der Waals surface area contributed by atoms with Crippen molar-refractivity contribution in [1.29, 1.82) is 0 Å². The molecule has 0 aliphatic carbocycles. The Bertz CT molecular complexity index is 1040. The van der Waals surface area contributed by atoms with E-state index in [1.165, 1.54) is 17.3 Å². The number of para-hydroxylation sites is 1. The predicted molar refractivity (Wildman–Crippen MR) is 104 cm³/mol. The van der Waals surface area contributed by atoms with Gasteiger partial charge in [-0.15, -0.1) is 10.2 Å². The first-order valence-corrected chi connectivity index (χ1v) is 10.0. The molecule has 0 spiro atoms. The average Bonchev–Trinajstić information content (AvgIpc) is 3.46. The summed E-state index contributed by atoms with van der Waals surface area (Å²) in [6.45, 7) is 0.969. The van der Waals surface area contributed by atoms with Gasteiger partial charge < -0.3 is 18.8 Å². The standard InChI is InChI=1S/C20H17N3O4S/c24-18(23-9-7-13-3-1-2-4-15(13)23)8-10-28-20-22-21-19(27-20)14-5-6-16-17(11-14)26-12-25-16/h1-6,11H,7-10,12H2. The van der Waals surface area contributed by atoms with E-state index in [4.69, 9.17) is 13.9 Å². The Labute approximate surface area is 165 Å². The van der Waals surface area contributed by atoms with E-state index in [0.29, 0.717) is 34.8 Å². The lowest BCUT2D eigenvalue weighted by Gasteiger charge is -2.16. The lowest BCUT2D eigenvalue weighted by molar-refractivity contribution is -0.118. The van der Waals surface area contributed by atoms with Crippen LogP contribution in [0.2, 0.25) is 0 Å². The van der Waals surface area contributed by atoms with Crippen molar-refractivity contribution >= 4 is 23.4 Å². The topological polar surface area (TPSA) is 77.7 Å². The molecule has 0 radical (unpaired) electrons. The number of benzene rings is 2. The second-order valence-corrected chi connectivity index (χ2v) is 7.51. The van der Waals surface area contributed by atoms with Crippen molar-refractivity contribution in [2.45, 2.75) is 18.1 Å². The minimum Gasteiger partial charge on any atom is -0.454 e. The van der Waals surface area contributed by atoms with E-state index in [0.717, 1.165) is 24.2 Å². The molecule has 2 aliphatic rings. The summed E-state index contributed by atoms with van der Waals surface area (Å²) >= 11 is 1.39. The molecular formula is C20H17N3O4S. The monoisotopic (exact) mass is 395 g/mol. The highest BCUT2D eigenvalue weighted by atomic mass is 32.2. The summed E-state index contributed by atoms with van der Waals surface area (Å²) in [5, 5.41) is 8.60. The third-order valence-electron chi connectivity index (χ3n) is 4.76. The van der Waals surface area contributed by atoms with E-state index >= 15 is 0 Å². The Morgan fingerprint density at radius 3 is 2.96 bits per heavy atom. The van der Waals surface area contributed by atoms with Crippen molar-refractivity contribution < 1.29 is 18.7 Å². The summed E-state index contributed by atoms with van der Waals surface area (Å²) in [5.41, 5.74) is 3.03. The maximum atomic E-state index is 12.6. The van der Waals surface area contributed by atoms with Gasteiger partial charge in [0.15, 0.2) is 11.5 Å². The van der Waals surface area contributed by atoms with Crippen LogP contribution in [0.25, 0.3) is 11.5 Å². The zero-order valence-corrected chi connectivity index (χ0v) is 15.8. The highest BCUT2D eigenvalue weighted by Crippen LogP contribution is 2.36. The van der Waals surface area contributed by atoms with Gasteiger partial charge in [0.05, 0.1) is 0 Å². The van der Waals surface area contributed by atoms with Crippen molar-refractivity contribution in [1.82, 2.24) is 10.2 Å². The third-order valence-corrected chi connectivity index (χ3v) is 5.58. The maximum Gasteiger partial charge on any atom is 0.276 e. The second-order valence-electron chi connectivity index (χ2n) is 6.46. The van der Waals surface area contributed by atoms with E-state index in [1.54, 1.807) is 0 Å². The Hall–Kier alpha value is -3.00. The number of nitrogens with zero attached hydrogens (tertiary/aromatic N) is 3. The average molecular weight is 395 g/mol. The van der Waals surface area contributed by atoms with Crippen molar-refractivity contribution in [3.63, 3.8) is 0 Å². The molecule has 28 heavy (non-hydrogen) atoms. The molecule has 2 aromatic carbocycles. The lowest BCUT2D eigenvalue weighted by atomic mass is 10.2. The van der Waals surface area contributed by atoms with Crippen molar-refractivity contribution in [3.05, 3.63) is 48.0 Å². The van der Waals surface area contributed by atoms with Gasteiger partial charge in [-0.05, 0) is 36.2 Å². The Morgan fingerprint density at radius 2 is 2.00 bits per heavy atom. The molecule has 0 N–H and O–H groups in total. The highest BCUT2D eigenvalue weighted by molar-refractivity contribution is 7.99. The fourth-order valence-corrected chi connectivity index (χ4v) is 4.06. The number of carbonyl (C=O) groups excluding carboxylic acids is 1. The minimum atomic E-state index is 0.118. The molecule has 3 aromatic rings. The number of hydrogen-bond acceptors (Lipinski definition) is 7. The molecule has 0 saturated carbocycles. The van der Waals surface area contributed by atoms with E-state index < -0.39 is 0 Å². The SMILES string of the molecule is O=C(CCSc1nnc(-c2ccc3c(c2)OCO3)o1)N1CCc2ccccc21. The Kier molecular flexibility index (Phi) is 4.40. The van der Waals surface area contributed by atoms with Crippen LogP contribution in [0, 0.1) is 0 Å². The lowest BCUT2D eigenvalue weighted by Crippen LogP contribution is -2.29. The first-order valence-electron chi connectivity index (χ1n) is 9.02. The zero-order chi connectivity index (χ0) is 18.9. The molecule has 0 saturated heterocycles. The molecule has 0 bridgehead atoms. The normalized spacial score (nSPS) is 14.4. The number of rotatable bonds is 5. The van der Waals surface area contributed by atoms with Crippen molar-refractivity contribution in [2.24, 2.45) is 0 Å². The summed E-state index contributed by atoms with van der Waals surface area (Å²) in [7, 11) is 0. The van der Waals surface area contributed by atoms with Gasteiger partial charge in [-0.25, -0.2) is 0 Å². The summed E-state index contributed by atoms with van der Waals surface area (Å²) in [4.78, 5) is 14.4. The number of carbonyl (C=O) groups is 1. The van der Waals surface area contributed by atoms with Gasteiger partial charge in [0, 0.05) is 30.0 Å². The van der Waals surface area contributed by atoms with Crippen LogP contribution in [-0.4, -0.2) is 35.2 Å². The van der Waals surface area contributed by atoms with Gasteiger partial charge in [0.2, 0.25) is 18.6 Å². The van der Waals surface area contributed by atoms with Gasteiger partial charge in [-0.2, -0.15) is 0 Å². The number of thioether (sulfide) groups is 1. The largest absolute Gasteiger partial charge is 0.454 e. The second kappa shape index (κ2) is 7.20. The number of anilines is 1. The maximum absolute atomic E-state index is 12.6. The molecule has 0 unspecified atom stereocenters.